The zero-order valence-corrected chi connectivity index (χ0v) is 14.2. The third kappa shape index (κ3) is 4.73. The van der Waals surface area contributed by atoms with Crippen molar-refractivity contribution in [2.45, 2.75) is 26.1 Å². The smallest absolute Gasteiger partial charge is 0.264 e. The molecule has 0 N–H and O–H groups in total. The monoisotopic (exact) mass is 335 g/mol. The Morgan fingerprint density at radius 3 is 2.28 bits per heavy atom. The Bertz CT molecular complexity index is 769. The highest BCUT2D eigenvalue weighted by atomic mass is 16.5. The fourth-order valence-corrected chi connectivity index (χ4v) is 2.62. The molecule has 0 bridgehead atoms. The number of nitrogens with zero attached hydrogens (tertiary/aromatic N) is 1. The van der Waals surface area contributed by atoms with E-state index >= 15 is 0 Å². The van der Waals surface area contributed by atoms with Crippen LogP contribution in [0.1, 0.15) is 18.2 Å². The van der Waals surface area contributed by atoms with Crippen LogP contribution in [-0.2, 0) is 17.9 Å². The molecule has 128 valence electrons. The van der Waals surface area contributed by atoms with Crippen LogP contribution in [-0.4, -0.2) is 16.9 Å². The second kappa shape index (κ2) is 8.20. The van der Waals surface area contributed by atoms with Gasteiger partial charge in [-0.1, -0.05) is 48.5 Å². The molecule has 3 aromatic rings. The van der Waals surface area contributed by atoms with Crippen molar-refractivity contribution >= 4 is 5.91 Å². The van der Waals surface area contributed by atoms with Gasteiger partial charge in [-0.2, -0.15) is 0 Å². The lowest BCUT2D eigenvalue weighted by molar-refractivity contribution is -0.139. The minimum Gasteiger partial charge on any atom is -0.481 e. The summed E-state index contributed by atoms with van der Waals surface area (Å²) in [5, 5.41) is 0. The van der Waals surface area contributed by atoms with Crippen molar-refractivity contribution in [1.29, 1.82) is 0 Å². The maximum Gasteiger partial charge on any atom is 0.264 e. The van der Waals surface area contributed by atoms with Gasteiger partial charge in [0.05, 0.1) is 12.8 Å². The normalized spacial score (nSPS) is 11.7. The van der Waals surface area contributed by atoms with Crippen LogP contribution in [0.5, 0.6) is 5.75 Å². The minimum atomic E-state index is -0.582. The summed E-state index contributed by atoms with van der Waals surface area (Å²) in [5.74, 6) is 1.35. The van der Waals surface area contributed by atoms with Crippen LogP contribution >= 0.6 is 0 Å². The lowest BCUT2D eigenvalue weighted by Gasteiger charge is -2.25. The van der Waals surface area contributed by atoms with Gasteiger partial charge >= 0.3 is 0 Å². The van der Waals surface area contributed by atoms with Gasteiger partial charge in [0, 0.05) is 6.54 Å². The topological polar surface area (TPSA) is 42.7 Å². The molecule has 1 atom stereocenters. The van der Waals surface area contributed by atoms with E-state index < -0.39 is 6.10 Å². The SMILES string of the molecule is CC(Oc1ccccc1)C(=O)N(Cc1ccccc1)Cc1ccco1. The second-order valence-corrected chi connectivity index (χ2v) is 5.83. The quantitative estimate of drug-likeness (QED) is 0.647. The fraction of sp³-hybridized carbons (Fsp3) is 0.190. The fourth-order valence-electron chi connectivity index (χ4n) is 2.62. The number of ether oxygens (including phenoxy) is 1. The van der Waals surface area contributed by atoms with E-state index in [1.54, 1.807) is 18.1 Å². The average Bonchev–Trinajstić information content (AvgIpc) is 3.15. The number of rotatable bonds is 7. The number of amides is 1. The molecule has 0 aliphatic rings. The van der Waals surface area contributed by atoms with Gasteiger partial charge in [0.15, 0.2) is 6.10 Å². The van der Waals surface area contributed by atoms with Crippen molar-refractivity contribution in [2.75, 3.05) is 0 Å². The predicted molar refractivity (Wildman–Crippen MR) is 95.9 cm³/mol. The Morgan fingerprint density at radius 1 is 0.960 bits per heavy atom. The first-order valence-electron chi connectivity index (χ1n) is 8.29. The molecule has 0 saturated carbocycles. The molecule has 0 saturated heterocycles. The van der Waals surface area contributed by atoms with Crippen molar-refractivity contribution in [3.8, 4) is 5.75 Å². The average molecular weight is 335 g/mol. The van der Waals surface area contributed by atoms with Gasteiger partial charge in [-0.05, 0) is 36.8 Å². The van der Waals surface area contributed by atoms with Crippen LogP contribution in [0.25, 0.3) is 0 Å². The molecule has 1 aromatic heterocycles. The molecular weight excluding hydrogens is 314 g/mol. The van der Waals surface area contributed by atoms with E-state index in [1.165, 1.54) is 0 Å². The molecule has 3 rings (SSSR count). The molecule has 1 amide bonds. The van der Waals surface area contributed by atoms with Crippen molar-refractivity contribution in [1.82, 2.24) is 4.90 Å². The zero-order valence-electron chi connectivity index (χ0n) is 14.2. The molecule has 0 spiro atoms. The minimum absolute atomic E-state index is 0.0795. The summed E-state index contributed by atoms with van der Waals surface area (Å²) in [4.78, 5) is 14.7. The molecule has 2 aromatic carbocycles. The zero-order chi connectivity index (χ0) is 17.5. The predicted octanol–water partition coefficient (Wildman–Crippen LogP) is 4.28. The Morgan fingerprint density at radius 2 is 1.64 bits per heavy atom. The molecular formula is C21H21NO3. The number of carbonyl (C=O) groups excluding carboxylic acids is 1. The van der Waals surface area contributed by atoms with Gasteiger partial charge in [-0.15, -0.1) is 0 Å². The van der Waals surface area contributed by atoms with Crippen LogP contribution in [0, 0.1) is 0 Å². The van der Waals surface area contributed by atoms with E-state index in [0.29, 0.717) is 18.8 Å². The molecule has 0 fully saturated rings. The number of benzene rings is 2. The number of para-hydroxylation sites is 1. The molecule has 0 aliphatic heterocycles. The molecule has 4 heteroatoms. The van der Waals surface area contributed by atoms with E-state index in [2.05, 4.69) is 0 Å². The highest BCUT2D eigenvalue weighted by Crippen LogP contribution is 2.16. The highest BCUT2D eigenvalue weighted by Gasteiger charge is 2.23. The first-order chi connectivity index (χ1) is 12.2. The summed E-state index contributed by atoms with van der Waals surface area (Å²) < 4.78 is 11.2. The van der Waals surface area contributed by atoms with Crippen LogP contribution < -0.4 is 4.74 Å². The lowest BCUT2D eigenvalue weighted by Crippen LogP contribution is -2.39. The largest absolute Gasteiger partial charge is 0.481 e. The Kier molecular flexibility index (Phi) is 5.52. The Balaban J connectivity index is 1.73. The standard InChI is InChI=1S/C21H21NO3/c1-17(25-19-11-6-3-7-12-19)21(23)22(16-20-13-8-14-24-20)15-18-9-4-2-5-10-18/h2-14,17H,15-16H2,1H3. The van der Waals surface area contributed by atoms with Gasteiger partial charge in [-0.25, -0.2) is 0 Å². The lowest BCUT2D eigenvalue weighted by atomic mass is 10.2. The summed E-state index contributed by atoms with van der Waals surface area (Å²) >= 11 is 0. The van der Waals surface area contributed by atoms with Gasteiger partial charge in [0.1, 0.15) is 11.5 Å². The summed E-state index contributed by atoms with van der Waals surface area (Å²) in [6.07, 6.45) is 1.03. The third-order valence-electron chi connectivity index (χ3n) is 3.86. The van der Waals surface area contributed by atoms with Crippen molar-refractivity contribution in [2.24, 2.45) is 0 Å². The maximum absolute atomic E-state index is 12.9. The second-order valence-electron chi connectivity index (χ2n) is 5.83. The van der Waals surface area contributed by atoms with Crippen LogP contribution in [0.3, 0.4) is 0 Å². The van der Waals surface area contributed by atoms with E-state index in [-0.39, 0.29) is 5.91 Å². The number of hydrogen-bond acceptors (Lipinski definition) is 3. The number of hydrogen-bond donors (Lipinski definition) is 0. The first-order valence-corrected chi connectivity index (χ1v) is 8.29. The molecule has 25 heavy (non-hydrogen) atoms. The van der Waals surface area contributed by atoms with Crippen LogP contribution in [0.2, 0.25) is 0 Å². The maximum atomic E-state index is 12.9. The molecule has 0 radical (unpaired) electrons. The third-order valence-corrected chi connectivity index (χ3v) is 3.86. The summed E-state index contributed by atoms with van der Waals surface area (Å²) in [7, 11) is 0. The van der Waals surface area contributed by atoms with Crippen LogP contribution in [0.15, 0.2) is 83.5 Å². The van der Waals surface area contributed by atoms with E-state index in [4.69, 9.17) is 9.15 Å². The van der Waals surface area contributed by atoms with Crippen molar-refractivity contribution in [3.05, 3.63) is 90.4 Å². The van der Waals surface area contributed by atoms with Crippen molar-refractivity contribution < 1.29 is 13.9 Å². The van der Waals surface area contributed by atoms with E-state index in [0.717, 1.165) is 11.3 Å². The van der Waals surface area contributed by atoms with Gasteiger partial charge in [0.25, 0.3) is 5.91 Å². The summed E-state index contributed by atoms with van der Waals surface area (Å²) in [6, 6.07) is 23.0. The summed E-state index contributed by atoms with van der Waals surface area (Å²) in [6.45, 7) is 2.68. The molecule has 4 nitrogen and oxygen atoms in total. The Labute approximate surface area is 147 Å². The highest BCUT2D eigenvalue weighted by molar-refractivity contribution is 5.80. The van der Waals surface area contributed by atoms with Gasteiger partial charge in [-0.3, -0.25) is 4.79 Å². The van der Waals surface area contributed by atoms with Crippen molar-refractivity contribution in [3.63, 3.8) is 0 Å². The first kappa shape index (κ1) is 16.8. The molecule has 1 heterocycles. The number of carbonyl (C=O) groups is 1. The number of furan rings is 1. The van der Waals surface area contributed by atoms with E-state index in [1.807, 2.05) is 72.8 Å². The van der Waals surface area contributed by atoms with Gasteiger partial charge in [0.2, 0.25) is 0 Å². The summed E-state index contributed by atoms with van der Waals surface area (Å²) in [5.41, 5.74) is 1.06. The van der Waals surface area contributed by atoms with Gasteiger partial charge < -0.3 is 14.1 Å². The molecule has 1 unspecified atom stereocenters. The van der Waals surface area contributed by atoms with E-state index in [9.17, 15) is 4.79 Å². The molecule has 0 aliphatic carbocycles. The Hall–Kier alpha value is -3.01. The van der Waals surface area contributed by atoms with Crippen LogP contribution in [0.4, 0.5) is 0 Å².